The van der Waals surface area contributed by atoms with Crippen molar-refractivity contribution in [3.63, 3.8) is 0 Å². The van der Waals surface area contributed by atoms with Crippen molar-refractivity contribution in [2.24, 2.45) is 0 Å². The number of pyridine rings is 1. The number of nitrogens with zero attached hydrogens (tertiary/aromatic N) is 3. The van der Waals surface area contributed by atoms with Crippen molar-refractivity contribution in [3.8, 4) is 17.3 Å². The van der Waals surface area contributed by atoms with Gasteiger partial charge in [0.2, 0.25) is 0 Å². The molecule has 0 saturated carbocycles. The number of carbonyl (C=O) groups excluding carboxylic acids is 1. The van der Waals surface area contributed by atoms with Crippen molar-refractivity contribution in [3.05, 3.63) is 106 Å². The number of fused-ring (bicyclic) bond motifs is 1. The molecule has 3 aromatic carbocycles. The van der Waals surface area contributed by atoms with E-state index in [-0.39, 0.29) is 17.1 Å². The van der Waals surface area contributed by atoms with E-state index >= 15 is 0 Å². The summed E-state index contributed by atoms with van der Waals surface area (Å²) in [6.07, 6.45) is 2.33. The average molecular weight is 477 g/mol. The van der Waals surface area contributed by atoms with Crippen LogP contribution in [0.5, 0.6) is 0 Å². The average Bonchev–Trinajstić information content (AvgIpc) is 3.34. The number of quaternary nitrogens is 1. The first-order chi connectivity index (χ1) is 17.6. The molecule has 1 amide bonds. The number of rotatable bonds is 7. The van der Waals surface area contributed by atoms with Gasteiger partial charge in [0.15, 0.2) is 0 Å². The number of hydrogen-bond acceptors (Lipinski definition) is 4. The fourth-order valence-corrected chi connectivity index (χ4v) is 5.10. The lowest BCUT2D eigenvalue weighted by atomic mass is 9.95. The van der Waals surface area contributed by atoms with Gasteiger partial charge < -0.3 is 15.2 Å². The fraction of sp³-hybridized carbons (Fsp3) is 0.233. The van der Waals surface area contributed by atoms with E-state index in [2.05, 4.69) is 11.4 Å². The van der Waals surface area contributed by atoms with E-state index in [1.54, 1.807) is 6.07 Å². The van der Waals surface area contributed by atoms with Crippen molar-refractivity contribution < 1.29 is 9.44 Å². The molecule has 0 bridgehead atoms. The van der Waals surface area contributed by atoms with E-state index in [1.165, 1.54) is 0 Å². The number of para-hydroxylation sites is 1. The largest absolute Gasteiger partial charge is 0.633 e. The van der Waals surface area contributed by atoms with Crippen LogP contribution in [0.2, 0.25) is 0 Å². The zero-order chi connectivity index (χ0) is 25.0. The molecule has 4 aromatic rings. The Morgan fingerprint density at radius 3 is 2.44 bits per heavy atom. The summed E-state index contributed by atoms with van der Waals surface area (Å²) in [5.41, 5.74) is 5.03. The van der Waals surface area contributed by atoms with Crippen LogP contribution in [0.15, 0.2) is 78.9 Å². The van der Waals surface area contributed by atoms with Gasteiger partial charge in [0, 0.05) is 35.9 Å². The third-order valence-corrected chi connectivity index (χ3v) is 6.91. The van der Waals surface area contributed by atoms with Crippen LogP contribution in [-0.4, -0.2) is 35.2 Å². The van der Waals surface area contributed by atoms with Gasteiger partial charge in [-0.15, -0.1) is 0 Å². The molecule has 1 saturated heterocycles. The Morgan fingerprint density at radius 1 is 0.972 bits per heavy atom. The molecule has 1 N–H and O–H groups in total. The second kappa shape index (κ2) is 10.3. The molecule has 0 unspecified atom stereocenters. The molecule has 2 heterocycles. The minimum Gasteiger partial charge on any atom is -0.633 e. The first-order valence-corrected chi connectivity index (χ1v) is 12.4. The first-order valence-electron chi connectivity index (χ1n) is 12.4. The number of aromatic nitrogens is 1. The number of benzene rings is 3. The first kappa shape index (κ1) is 23.7. The van der Waals surface area contributed by atoms with Crippen molar-refractivity contribution >= 4 is 16.8 Å². The monoisotopic (exact) mass is 476 g/mol. The van der Waals surface area contributed by atoms with Crippen molar-refractivity contribution in [1.29, 1.82) is 5.26 Å². The molecule has 1 aromatic heterocycles. The number of likely N-dealkylation sites (tertiary alicyclic amines) is 1. The summed E-state index contributed by atoms with van der Waals surface area (Å²) in [7, 11) is 0. The summed E-state index contributed by atoms with van der Waals surface area (Å²) in [5, 5.41) is 26.8. The lowest BCUT2D eigenvalue weighted by Gasteiger charge is -2.39. The Bertz CT molecular complexity index is 1440. The number of hydrogen-bond donors (Lipinski definition) is 1. The van der Waals surface area contributed by atoms with Crippen LogP contribution in [0.3, 0.4) is 0 Å². The molecule has 1 aliphatic rings. The normalized spacial score (nSPS) is 14.4. The van der Waals surface area contributed by atoms with Gasteiger partial charge in [0.05, 0.1) is 41.5 Å². The molecule has 180 valence electrons. The van der Waals surface area contributed by atoms with Crippen molar-refractivity contribution in [2.75, 3.05) is 19.6 Å². The minimum absolute atomic E-state index is 0.210. The van der Waals surface area contributed by atoms with Crippen LogP contribution in [0.25, 0.3) is 22.2 Å². The standard InChI is InChI=1S/C30H28N4O2/c31-20-24-13-5-4-10-22(24)16-17-32-30(35)28-25-14-6-7-15-27(25)33-29(23-11-2-1-3-12-23)26(28)21-34(36)18-8-9-19-34/h1-7,10-15H,8-9,16-19,21H2,(H,32,35). The second-order valence-corrected chi connectivity index (χ2v) is 9.34. The highest BCUT2D eigenvalue weighted by atomic mass is 16.5. The van der Waals surface area contributed by atoms with Crippen LogP contribution < -0.4 is 5.32 Å². The van der Waals surface area contributed by atoms with Gasteiger partial charge in [0.1, 0.15) is 6.54 Å². The summed E-state index contributed by atoms with van der Waals surface area (Å²) in [4.78, 5) is 18.7. The van der Waals surface area contributed by atoms with Gasteiger partial charge in [-0.25, -0.2) is 4.98 Å². The zero-order valence-electron chi connectivity index (χ0n) is 20.1. The molecule has 36 heavy (non-hydrogen) atoms. The van der Waals surface area contributed by atoms with Crippen LogP contribution in [-0.2, 0) is 13.0 Å². The highest BCUT2D eigenvalue weighted by molar-refractivity contribution is 6.09. The predicted octanol–water partition coefficient (Wildman–Crippen LogP) is 5.35. The Kier molecular flexibility index (Phi) is 6.77. The van der Waals surface area contributed by atoms with Crippen LogP contribution in [0.4, 0.5) is 0 Å². The van der Waals surface area contributed by atoms with Crippen LogP contribution in [0.1, 0.15) is 39.9 Å². The lowest BCUT2D eigenvalue weighted by Crippen LogP contribution is -2.39. The van der Waals surface area contributed by atoms with Crippen molar-refractivity contribution in [2.45, 2.75) is 25.8 Å². The van der Waals surface area contributed by atoms with E-state index in [9.17, 15) is 15.3 Å². The maximum absolute atomic E-state index is 13.8. The van der Waals surface area contributed by atoms with Gasteiger partial charge in [-0.05, 0) is 24.1 Å². The van der Waals surface area contributed by atoms with Crippen LogP contribution >= 0.6 is 0 Å². The van der Waals surface area contributed by atoms with Gasteiger partial charge in [0.25, 0.3) is 5.91 Å². The number of nitrogens with one attached hydrogen (secondary N) is 1. The van der Waals surface area contributed by atoms with Crippen LogP contribution in [0, 0.1) is 16.5 Å². The number of nitriles is 1. The smallest absolute Gasteiger partial charge is 0.252 e. The summed E-state index contributed by atoms with van der Waals surface area (Å²) >= 11 is 0. The molecule has 6 nitrogen and oxygen atoms in total. The number of amides is 1. The molecular weight excluding hydrogens is 448 g/mol. The fourth-order valence-electron chi connectivity index (χ4n) is 5.10. The third-order valence-electron chi connectivity index (χ3n) is 6.91. The highest BCUT2D eigenvalue weighted by Gasteiger charge is 2.29. The summed E-state index contributed by atoms with van der Waals surface area (Å²) in [5.74, 6) is -0.221. The molecular formula is C30H28N4O2. The third kappa shape index (κ3) is 4.85. The van der Waals surface area contributed by atoms with E-state index in [0.717, 1.165) is 34.9 Å². The van der Waals surface area contributed by atoms with Crippen molar-refractivity contribution in [1.82, 2.24) is 10.3 Å². The van der Waals surface area contributed by atoms with E-state index < -0.39 is 0 Å². The highest BCUT2D eigenvalue weighted by Crippen LogP contribution is 2.34. The molecule has 0 aliphatic carbocycles. The number of carbonyl (C=O) groups is 1. The maximum Gasteiger partial charge on any atom is 0.252 e. The molecule has 0 spiro atoms. The molecule has 5 rings (SSSR count). The molecule has 6 heteroatoms. The van der Waals surface area contributed by atoms with Gasteiger partial charge in [-0.2, -0.15) is 5.26 Å². The molecule has 1 fully saturated rings. The molecule has 0 radical (unpaired) electrons. The van der Waals surface area contributed by atoms with Gasteiger partial charge >= 0.3 is 0 Å². The maximum atomic E-state index is 13.8. The summed E-state index contributed by atoms with van der Waals surface area (Å²) in [6.45, 7) is 1.69. The topological polar surface area (TPSA) is 88.8 Å². The Labute approximate surface area is 211 Å². The van der Waals surface area contributed by atoms with Gasteiger partial charge in [-0.1, -0.05) is 66.7 Å². The number of hydroxylamine groups is 3. The molecule has 0 atom stereocenters. The van der Waals surface area contributed by atoms with E-state index in [0.29, 0.717) is 48.4 Å². The Hall–Kier alpha value is -4.05. The summed E-state index contributed by atoms with van der Waals surface area (Å²) in [6, 6.07) is 27.0. The zero-order valence-corrected chi connectivity index (χ0v) is 20.1. The minimum atomic E-state index is -0.338. The lowest BCUT2D eigenvalue weighted by molar-refractivity contribution is -0.881. The Morgan fingerprint density at radius 2 is 1.67 bits per heavy atom. The van der Waals surface area contributed by atoms with E-state index in [4.69, 9.17) is 4.98 Å². The van der Waals surface area contributed by atoms with Gasteiger partial charge in [-0.3, -0.25) is 4.79 Å². The predicted molar refractivity (Wildman–Crippen MR) is 141 cm³/mol. The SMILES string of the molecule is N#Cc1ccccc1CCNC(=O)c1c(C[N+]2([O-])CCCC2)c(-c2ccccc2)nc2ccccc12. The summed E-state index contributed by atoms with van der Waals surface area (Å²) < 4.78 is -0.338. The second-order valence-electron chi connectivity index (χ2n) is 9.34. The quantitative estimate of drug-likeness (QED) is 0.287. The Balaban J connectivity index is 1.57. The van der Waals surface area contributed by atoms with E-state index in [1.807, 2.05) is 72.8 Å². The molecule has 1 aliphatic heterocycles.